The van der Waals surface area contributed by atoms with Gasteiger partial charge in [0.15, 0.2) is 18.7 Å². The maximum absolute atomic E-state index is 14.5. The number of amidine groups is 1. The number of aliphatic imine (C=N–C) groups is 1. The van der Waals surface area contributed by atoms with Crippen molar-refractivity contribution in [1.82, 2.24) is 4.90 Å². The summed E-state index contributed by atoms with van der Waals surface area (Å²) in [6.07, 6.45) is -7.48. The molecule has 1 aromatic rings. The second-order valence-corrected chi connectivity index (χ2v) is 18.9. The van der Waals surface area contributed by atoms with Crippen LogP contribution in [0, 0.1) is 23.7 Å². The standard InChI is InChI=1S/C46H74N2O13/c1-14-34-46(10,53)38(50)27(4)33(49)20-25(2)22-45(9,55-13)40(28(5)36(29(6)41(52)58-34)59-35-23-44(8,54-12)39(51)30(7)57-35)61-42-37-32(21-26(3)56-42)48(11)43(60-37)47-24-31-18-16-15-17-19-31/h15-19,25-30,32,34-40,42,50-51,53H,14,20-24H2,1-13H3/t25-,26+,27-,28-,29+,30-,32-,34+,35-,36-,37+,38+,39-,40+,42-,44+,45+,46+/m0/s1. The van der Waals surface area contributed by atoms with Crippen LogP contribution in [-0.2, 0) is 54.0 Å². The van der Waals surface area contributed by atoms with Gasteiger partial charge in [-0.15, -0.1) is 0 Å². The van der Waals surface area contributed by atoms with Crippen molar-refractivity contribution in [3.8, 4) is 0 Å². The van der Waals surface area contributed by atoms with Crippen LogP contribution in [0.5, 0.6) is 0 Å². The first-order chi connectivity index (χ1) is 28.6. The SMILES string of the molecule is CC[C@H]1OC(=O)[C@H](C)[C@@H](O[C@H]2C[C@@](C)(OC)[C@@H](O)[C@H](C)O2)[C@H](C)[C@@H](O[C@@H]2O[C@H](C)C[C@H]3[C@H]2OC(=NCc2ccccc2)N3C)[C@](C)(OC)C[C@@H](C)CC(=O)[C@H](C)[C@@H](O)[C@]1(C)O. The molecular weight excluding hydrogens is 789 g/mol. The lowest BCUT2D eigenvalue weighted by atomic mass is 9.76. The molecular formula is C46H74N2O13. The molecule has 18 atom stereocenters. The van der Waals surface area contributed by atoms with Crippen molar-refractivity contribution in [2.24, 2.45) is 28.7 Å². The van der Waals surface area contributed by atoms with Crippen molar-refractivity contribution in [2.45, 2.75) is 192 Å². The lowest BCUT2D eigenvalue weighted by molar-refractivity contribution is -0.315. The number of rotatable bonds is 9. The van der Waals surface area contributed by atoms with Gasteiger partial charge in [0, 0.05) is 45.9 Å². The predicted molar refractivity (Wildman–Crippen MR) is 226 cm³/mol. The summed E-state index contributed by atoms with van der Waals surface area (Å²) in [5.74, 6) is -3.88. The van der Waals surface area contributed by atoms with Crippen LogP contribution < -0.4 is 0 Å². The summed E-state index contributed by atoms with van der Waals surface area (Å²) in [4.78, 5) is 35.2. The van der Waals surface area contributed by atoms with Crippen molar-refractivity contribution in [2.75, 3.05) is 21.3 Å². The molecule has 4 heterocycles. The number of ketones is 1. The van der Waals surface area contributed by atoms with Crippen LogP contribution in [0.2, 0.25) is 0 Å². The summed E-state index contributed by atoms with van der Waals surface area (Å²) in [6.45, 7) is 18.1. The van der Waals surface area contributed by atoms with Crippen molar-refractivity contribution >= 4 is 17.8 Å². The number of nitrogens with zero attached hydrogens (tertiary/aromatic N) is 2. The summed E-state index contributed by atoms with van der Waals surface area (Å²) < 4.78 is 51.9. The number of fused-ring (bicyclic) bond motifs is 1. The van der Waals surface area contributed by atoms with Gasteiger partial charge in [0.25, 0.3) is 6.02 Å². The highest BCUT2D eigenvalue weighted by atomic mass is 16.7. The zero-order valence-electron chi connectivity index (χ0n) is 38.6. The minimum absolute atomic E-state index is 0.0732. The molecule has 3 N–H and O–H groups in total. The summed E-state index contributed by atoms with van der Waals surface area (Å²) in [5, 5.41) is 34.3. The molecule has 346 valence electrons. The minimum atomic E-state index is -1.96. The number of aliphatic hydroxyl groups is 3. The van der Waals surface area contributed by atoms with Crippen LogP contribution in [0.15, 0.2) is 35.3 Å². The molecule has 4 saturated heterocycles. The lowest BCUT2D eigenvalue weighted by Crippen LogP contribution is -2.60. The first-order valence-electron chi connectivity index (χ1n) is 22.1. The Hall–Kier alpha value is -2.73. The van der Waals surface area contributed by atoms with Crippen molar-refractivity contribution in [3.63, 3.8) is 0 Å². The molecule has 61 heavy (non-hydrogen) atoms. The normalized spacial score (nSPS) is 45.1. The van der Waals surface area contributed by atoms with Gasteiger partial charge in [-0.1, -0.05) is 58.0 Å². The molecule has 4 aliphatic heterocycles. The molecule has 0 aliphatic carbocycles. The van der Waals surface area contributed by atoms with Gasteiger partial charge in [-0.3, -0.25) is 9.59 Å². The number of benzene rings is 1. The molecule has 1 aromatic carbocycles. The third kappa shape index (κ3) is 10.6. The Bertz CT molecular complexity index is 1650. The topological polar surface area (TPSA) is 184 Å². The van der Waals surface area contributed by atoms with Gasteiger partial charge in [-0.05, 0) is 72.3 Å². The molecule has 15 heteroatoms. The summed E-state index contributed by atoms with van der Waals surface area (Å²) in [5.41, 5.74) is -3.07. The zero-order valence-corrected chi connectivity index (χ0v) is 38.6. The van der Waals surface area contributed by atoms with E-state index in [9.17, 15) is 24.9 Å². The number of esters is 1. The number of hydrogen-bond acceptors (Lipinski definition) is 14. The Morgan fingerprint density at radius 1 is 0.869 bits per heavy atom. The smallest absolute Gasteiger partial charge is 0.311 e. The van der Waals surface area contributed by atoms with E-state index in [4.69, 9.17) is 42.9 Å². The maximum Gasteiger partial charge on any atom is 0.311 e. The van der Waals surface area contributed by atoms with Crippen LogP contribution in [0.1, 0.15) is 107 Å². The molecule has 4 fully saturated rings. The van der Waals surface area contributed by atoms with Gasteiger partial charge in [-0.25, -0.2) is 4.99 Å². The van der Waals surface area contributed by atoms with Crippen LogP contribution in [0.3, 0.4) is 0 Å². The minimum Gasteiger partial charge on any atom is -0.459 e. The molecule has 4 aliphatic rings. The van der Waals surface area contributed by atoms with E-state index in [1.54, 1.807) is 41.7 Å². The number of Topliss-reactive ketones (excluding diaryl/α,β-unsaturated/α-hetero) is 1. The monoisotopic (exact) mass is 863 g/mol. The van der Waals surface area contributed by atoms with E-state index in [1.165, 1.54) is 14.0 Å². The van der Waals surface area contributed by atoms with Crippen LogP contribution in [-0.4, -0.2) is 144 Å². The first kappa shape index (κ1) is 49.3. The highest BCUT2D eigenvalue weighted by Gasteiger charge is 2.55. The maximum atomic E-state index is 14.5. The van der Waals surface area contributed by atoms with Gasteiger partial charge >= 0.3 is 5.97 Å². The average molecular weight is 863 g/mol. The van der Waals surface area contributed by atoms with Crippen LogP contribution in [0.4, 0.5) is 0 Å². The third-order valence-electron chi connectivity index (χ3n) is 14.0. The van der Waals surface area contributed by atoms with E-state index in [1.807, 2.05) is 70.0 Å². The van der Waals surface area contributed by atoms with Crippen molar-refractivity contribution < 1.29 is 62.8 Å². The van der Waals surface area contributed by atoms with E-state index in [-0.39, 0.29) is 43.1 Å². The van der Waals surface area contributed by atoms with E-state index in [0.29, 0.717) is 25.4 Å². The number of carbonyl (C=O) groups excluding carboxylic acids is 2. The Balaban J connectivity index is 1.59. The molecule has 0 aromatic heterocycles. The molecule has 0 radical (unpaired) electrons. The van der Waals surface area contributed by atoms with Crippen molar-refractivity contribution in [1.29, 1.82) is 0 Å². The van der Waals surface area contributed by atoms with Crippen LogP contribution >= 0.6 is 0 Å². The van der Waals surface area contributed by atoms with Gasteiger partial charge in [0.05, 0.1) is 60.2 Å². The largest absolute Gasteiger partial charge is 0.459 e. The molecule has 5 rings (SSSR count). The highest BCUT2D eigenvalue weighted by Crippen LogP contribution is 2.42. The molecule has 0 unspecified atom stereocenters. The number of carbonyl (C=O) groups is 2. The Kier molecular flexibility index (Phi) is 16.1. The van der Waals surface area contributed by atoms with Gasteiger partial charge in [0.1, 0.15) is 23.6 Å². The number of likely N-dealkylation sites (N-methyl/N-ethyl adjacent to an activating group) is 1. The van der Waals surface area contributed by atoms with E-state index in [0.717, 1.165) is 5.56 Å². The zero-order chi connectivity index (χ0) is 45.2. The fourth-order valence-corrected chi connectivity index (χ4v) is 9.96. The molecule has 0 bridgehead atoms. The second-order valence-electron chi connectivity index (χ2n) is 18.9. The summed E-state index contributed by atoms with van der Waals surface area (Å²) in [7, 11) is 5.07. The number of ether oxygens (including phenoxy) is 8. The van der Waals surface area contributed by atoms with Crippen LogP contribution in [0.25, 0.3) is 0 Å². The van der Waals surface area contributed by atoms with Gasteiger partial charge in [0.2, 0.25) is 0 Å². The Morgan fingerprint density at radius 2 is 1.52 bits per heavy atom. The van der Waals surface area contributed by atoms with Gasteiger partial charge in [-0.2, -0.15) is 0 Å². The number of aliphatic hydroxyl groups excluding tert-OH is 2. The van der Waals surface area contributed by atoms with Gasteiger partial charge < -0.3 is 58.1 Å². The molecule has 0 saturated carbocycles. The average Bonchev–Trinajstić information content (AvgIpc) is 3.54. The first-order valence-corrected chi connectivity index (χ1v) is 22.1. The quantitative estimate of drug-likeness (QED) is 0.288. The van der Waals surface area contributed by atoms with E-state index in [2.05, 4.69) is 0 Å². The predicted octanol–water partition coefficient (Wildman–Crippen LogP) is 4.79. The van der Waals surface area contributed by atoms with E-state index >= 15 is 0 Å². The second kappa shape index (κ2) is 20.0. The molecule has 15 nitrogen and oxygen atoms in total. The lowest BCUT2D eigenvalue weighted by Gasteiger charge is -2.49. The van der Waals surface area contributed by atoms with E-state index < -0.39 is 95.8 Å². The Morgan fingerprint density at radius 3 is 2.15 bits per heavy atom. The summed E-state index contributed by atoms with van der Waals surface area (Å²) in [6, 6.07) is 10.3. The fraction of sp³-hybridized carbons (Fsp3) is 0.804. The molecule has 0 spiro atoms. The Labute approximate surface area is 362 Å². The third-order valence-corrected chi connectivity index (χ3v) is 14.0. The van der Waals surface area contributed by atoms with Crippen molar-refractivity contribution in [3.05, 3.63) is 35.9 Å². The number of cyclic esters (lactones) is 1. The molecule has 0 amide bonds. The number of hydrogen-bond donors (Lipinski definition) is 3. The number of methoxy groups -OCH3 is 2. The highest BCUT2D eigenvalue weighted by molar-refractivity contribution is 5.81. The summed E-state index contributed by atoms with van der Waals surface area (Å²) >= 11 is 0. The fourth-order valence-electron chi connectivity index (χ4n) is 9.96.